The second kappa shape index (κ2) is 4.16. The SMILES string of the molecule is Cc1ccc(S(=O)(=O)N2CCC2CO)cc1. The molecule has 0 amide bonds. The summed E-state index contributed by atoms with van der Waals surface area (Å²) in [6, 6.07) is 6.53. The van der Waals surface area contributed by atoms with Gasteiger partial charge in [-0.3, -0.25) is 0 Å². The number of aliphatic hydroxyl groups excluding tert-OH is 1. The Balaban J connectivity index is 2.29. The lowest BCUT2D eigenvalue weighted by molar-refractivity contribution is 0.116. The van der Waals surface area contributed by atoms with E-state index in [4.69, 9.17) is 5.11 Å². The second-order valence-corrected chi connectivity index (χ2v) is 5.94. The number of hydrogen-bond acceptors (Lipinski definition) is 3. The highest BCUT2D eigenvalue weighted by Crippen LogP contribution is 2.26. The number of aliphatic hydroxyl groups is 1. The molecule has 0 saturated carbocycles. The van der Waals surface area contributed by atoms with Gasteiger partial charge in [0, 0.05) is 12.6 Å². The summed E-state index contributed by atoms with van der Waals surface area (Å²) in [5.74, 6) is 0. The van der Waals surface area contributed by atoms with Crippen LogP contribution >= 0.6 is 0 Å². The van der Waals surface area contributed by atoms with E-state index in [1.807, 2.05) is 6.92 Å². The van der Waals surface area contributed by atoms with Gasteiger partial charge in [0.1, 0.15) is 0 Å². The van der Waals surface area contributed by atoms with Crippen molar-refractivity contribution in [2.75, 3.05) is 13.2 Å². The number of nitrogens with zero attached hydrogens (tertiary/aromatic N) is 1. The Morgan fingerprint density at radius 2 is 2.00 bits per heavy atom. The van der Waals surface area contributed by atoms with Crippen LogP contribution in [0, 0.1) is 6.92 Å². The van der Waals surface area contributed by atoms with Crippen LogP contribution in [-0.2, 0) is 10.0 Å². The average molecular weight is 241 g/mol. The van der Waals surface area contributed by atoms with Crippen molar-refractivity contribution in [1.29, 1.82) is 0 Å². The molecule has 0 spiro atoms. The molecule has 1 aromatic rings. The summed E-state index contributed by atoms with van der Waals surface area (Å²) in [7, 11) is -3.41. The van der Waals surface area contributed by atoms with Crippen molar-refractivity contribution in [3.63, 3.8) is 0 Å². The van der Waals surface area contributed by atoms with Crippen LogP contribution in [0.2, 0.25) is 0 Å². The molecule has 5 heteroatoms. The minimum absolute atomic E-state index is 0.106. The number of hydrogen-bond donors (Lipinski definition) is 1. The van der Waals surface area contributed by atoms with Gasteiger partial charge in [-0.05, 0) is 25.5 Å². The molecule has 1 N–H and O–H groups in total. The Kier molecular flexibility index (Phi) is 3.01. The third kappa shape index (κ3) is 1.86. The molecule has 1 aliphatic rings. The van der Waals surface area contributed by atoms with Crippen LogP contribution in [0.5, 0.6) is 0 Å². The van der Waals surface area contributed by atoms with E-state index in [9.17, 15) is 8.42 Å². The smallest absolute Gasteiger partial charge is 0.243 e. The fourth-order valence-electron chi connectivity index (χ4n) is 1.76. The molecule has 16 heavy (non-hydrogen) atoms. The van der Waals surface area contributed by atoms with Crippen LogP contribution < -0.4 is 0 Å². The maximum atomic E-state index is 12.1. The molecule has 1 fully saturated rings. The highest BCUT2D eigenvalue weighted by molar-refractivity contribution is 7.89. The topological polar surface area (TPSA) is 57.6 Å². The first-order chi connectivity index (χ1) is 7.55. The maximum absolute atomic E-state index is 12.1. The summed E-state index contributed by atoms with van der Waals surface area (Å²) in [6.45, 7) is 2.31. The molecule has 1 aliphatic heterocycles. The van der Waals surface area contributed by atoms with Crippen molar-refractivity contribution in [3.05, 3.63) is 29.8 Å². The van der Waals surface area contributed by atoms with Gasteiger partial charge in [-0.1, -0.05) is 17.7 Å². The number of rotatable bonds is 3. The van der Waals surface area contributed by atoms with E-state index in [0.717, 1.165) is 12.0 Å². The Bertz CT molecular complexity index is 465. The standard InChI is InChI=1S/C11H15NO3S/c1-9-2-4-11(5-3-9)16(14,15)12-7-6-10(12)8-13/h2-5,10,13H,6-8H2,1H3. The van der Waals surface area contributed by atoms with Crippen molar-refractivity contribution in [2.24, 2.45) is 0 Å². The first-order valence-corrected chi connectivity index (χ1v) is 6.69. The summed E-state index contributed by atoms with van der Waals surface area (Å²) in [4.78, 5) is 0.302. The monoisotopic (exact) mass is 241 g/mol. The molecular weight excluding hydrogens is 226 g/mol. The van der Waals surface area contributed by atoms with Gasteiger partial charge in [-0.25, -0.2) is 8.42 Å². The minimum Gasteiger partial charge on any atom is -0.395 e. The zero-order valence-electron chi connectivity index (χ0n) is 9.13. The van der Waals surface area contributed by atoms with Gasteiger partial charge in [0.25, 0.3) is 0 Å². The van der Waals surface area contributed by atoms with Crippen molar-refractivity contribution >= 4 is 10.0 Å². The first kappa shape index (κ1) is 11.6. The fraction of sp³-hybridized carbons (Fsp3) is 0.455. The van der Waals surface area contributed by atoms with Gasteiger partial charge in [-0.15, -0.1) is 0 Å². The molecule has 1 unspecified atom stereocenters. The van der Waals surface area contributed by atoms with E-state index < -0.39 is 10.0 Å². The summed E-state index contributed by atoms with van der Waals surface area (Å²) in [6.07, 6.45) is 0.738. The molecule has 1 aromatic carbocycles. The normalized spacial score (nSPS) is 21.8. The maximum Gasteiger partial charge on any atom is 0.243 e. The van der Waals surface area contributed by atoms with Crippen molar-refractivity contribution < 1.29 is 13.5 Å². The van der Waals surface area contributed by atoms with Crippen molar-refractivity contribution in [2.45, 2.75) is 24.3 Å². The molecule has 1 saturated heterocycles. The van der Waals surface area contributed by atoms with Crippen LogP contribution in [0.3, 0.4) is 0 Å². The Labute approximate surface area is 95.6 Å². The summed E-state index contributed by atoms with van der Waals surface area (Å²) < 4.78 is 25.6. The van der Waals surface area contributed by atoms with Gasteiger partial charge in [0.05, 0.1) is 11.5 Å². The van der Waals surface area contributed by atoms with Gasteiger partial charge in [-0.2, -0.15) is 4.31 Å². The van der Waals surface area contributed by atoms with E-state index in [1.165, 1.54) is 4.31 Å². The number of aryl methyl sites for hydroxylation is 1. The quantitative estimate of drug-likeness (QED) is 0.849. The lowest BCUT2D eigenvalue weighted by Crippen LogP contribution is -2.52. The summed E-state index contributed by atoms with van der Waals surface area (Å²) in [5, 5.41) is 9.00. The van der Waals surface area contributed by atoms with Gasteiger partial charge >= 0.3 is 0 Å². The molecule has 1 heterocycles. The Morgan fingerprint density at radius 1 is 1.38 bits per heavy atom. The lowest BCUT2D eigenvalue weighted by Gasteiger charge is -2.38. The first-order valence-electron chi connectivity index (χ1n) is 5.25. The van der Waals surface area contributed by atoms with Crippen LogP contribution in [0.1, 0.15) is 12.0 Å². The second-order valence-electron chi connectivity index (χ2n) is 4.05. The van der Waals surface area contributed by atoms with Crippen molar-refractivity contribution in [3.8, 4) is 0 Å². The van der Waals surface area contributed by atoms with Gasteiger partial charge in [0.15, 0.2) is 0 Å². The zero-order chi connectivity index (χ0) is 11.8. The molecule has 1 atom stereocenters. The van der Waals surface area contributed by atoms with Gasteiger partial charge in [0.2, 0.25) is 10.0 Å². The lowest BCUT2D eigenvalue weighted by atomic mass is 10.1. The molecule has 88 valence electrons. The molecule has 0 aliphatic carbocycles. The minimum atomic E-state index is -3.41. The van der Waals surface area contributed by atoms with Crippen LogP contribution in [-0.4, -0.2) is 37.0 Å². The van der Waals surface area contributed by atoms with E-state index in [-0.39, 0.29) is 12.6 Å². The van der Waals surface area contributed by atoms with E-state index in [2.05, 4.69) is 0 Å². The molecule has 0 aromatic heterocycles. The molecule has 2 rings (SSSR count). The van der Waals surface area contributed by atoms with Gasteiger partial charge < -0.3 is 5.11 Å². The highest BCUT2D eigenvalue weighted by atomic mass is 32.2. The summed E-state index contributed by atoms with van der Waals surface area (Å²) in [5.41, 5.74) is 1.03. The third-order valence-electron chi connectivity index (χ3n) is 2.93. The Morgan fingerprint density at radius 3 is 2.44 bits per heavy atom. The number of sulfonamides is 1. The average Bonchev–Trinajstić information content (AvgIpc) is 2.16. The van der Waals surface area contributed by atoms with Crippen LogP contribution in [0.15, 0.2) is 29.2 Å². The molecule has 0 bridgehead atoms. The van der Waals surface area contributed by atoms with E-state index in [0.29, 0.717) is 11.4 Å². The largest absolute Gasteiger partial charge is 0.395 e. The van der Waals surface area contributed by atoms with Crippen LogP contribution in [0.4, 0.5) is 0 Å². The van der Waals surface area contributed by atoms with Crippen molar-refractivity contribution in [1.82, 2.24) is 4.31 Å². The molecular formula is C11H15NO3S. The zero-order valence-corrected chi connectivity index (χ0v) is 9.94. The Hall–Kier alpha value is -0.910. The van der Waals surface area contributed by atoms with E-state index in [1.54, 1.807) is 24.3 Å². The van der Waals surface area contributed by atoms with E-state index >= 15 is 0 Å². The fourth-order valence-corrected chi connectivity index (χ4v) is 3.42. The predicted octanol–water partition coefficient (Wildman–Crippen LogP) is 0.750. The van der Waals surface area contributed by atoms with Crippen LogP contribution in [0.25, 0.3) is 0 Å². The number of benzene rings is 1. The highest BCUT2D eigenvalue weighted by Gasteiger charge is 2.37. The third-order valence-corrected chi connectivity index (χ3v) is 4.89. The summed E-state index contributed by atoms with van der Waals surface area (Å²) >= 11 is 0. The predicted molar refractivity (Wildman–Crippen MR) is 60.6 cm³/mol. The molecule has 0 radical (unpaired) electrons. The molecule has 4 nitrogen and oxygen atoms in total.